The first-order valence-corrected chi connectivity index (χ1v) is 7.70. The normalized spacial score (nSPS) is 18.4. The van der Waals surface area contributed by atoms with Crippen LogP contribution in [0.3, 0.4) is 0 Å². The smallest absolute Gasteiger partial charge is 0.224 e. The standard InChI is InChI=1S/C15H25N5O/c1-4-7-17-13-9-14(19-11(2)18-13)20-8-5-6-12(10-20)15(21)16-3/h9,12H,4-8,10H2,1-3H3,(H,16,21)(H,17,18,19). The van der Waals surface area contributed by atoms with Crippen molar-refractivity contribution in [3.05, 3.63) is 11.9 Å². The highest BCUT2D eigenvalue weighted by Gasteiger charge is 2.26. The fraction of sp³-hybridized carbons (Fsp3) is 0.667. The van der Waals surface area contributed by atoms with E-state index in [1.54, 1.807) is 7.05 Å². The van der Waals surface area contributed by atoms with E-state index >= 15 is 0 Å². The van der Waals surface area contributed by atoms with Crippen molar-refractivity contribution in [3.8, 4) is 0 Å². The lowest BCUT2D eigenvalue weighted by atomic mass is 9.97. The predicted molar refractivity (Wildman–Crippen MR) is 84.6 cm³/mol. The van der Waals surface area contributed by atoms with E-state index in [1.165, 1.54) is 0 Å². The van der Waals surface area contributed by atoms with Gasteiger partial charge in [-0.25, -0.2) is 9.97 Å². The number of aromatic nitrogens is 2. The van der Waals surface area contributed by atoms with E-state index in [4.69, 9.17) is 0 Å². The first-order chi connectivity index (χ1) is 10.1. The van der Waals surface area contributed by atoms with Crippen molar-refractivity contribution < 1.29 is 4.79 Å². The molecule has 0 aliphatic carbocycles. The maximum absolute atomic E-state index is 11.8. The van der Waals surface area contributed by atoms with Crippen LogP contribution in [-0.4, -0.2) is 42.6 Å². The summed E-state index contributed by atoms with van der Waals surface area (Å²) in [6, 6.07) is 1.98. The van der Waals surface area contributed by atoms with Crippen LogP contribution >= 0.6 is 0 Å². The molecule has 1 fully saturated rings. The van der Waals surface area contributed by atoms with Gasteiger partial charge < -0.3 is 15.5 Å². The number of anilines is 2. The molecule has 0 aromatic carbocycles. The summed E-state index contributed by atoms with van der Waals surface area (Å²) in [5.41, 5.74) is 0. The minimum absolute atomic E-state index is 0.0473. The zero-order valence-electron chi connectivity index (χ0n) is 13.1. The third-order valence-electron chi connectivity index (χ3n) is 3.74. The molecule has 1 amide bonds. The van der Waals surface area contributed by atoms with Gasteiger partial charge in [0.1, 0.15) is 17.5 Å². The highest BCUT2D eigenvalue weighted by Crippen LogP contribution is 2.23. The minimum Gasteiger partial charge on any atom is -0.370 e. The van der Waals surface area contributed by atoms with E-state index < -0.39 is 0 Å². The average Bonchev–Trinajstić information content (AvgIpc) is 2.51. The van der Waals surface area contributed by atoms with E-state index in [-0.39, 0.29) is 11.8 Å². The third-order valence-corrected chi connectivity index (χ3v) is 3.74. The number of nitrogens with one attached hydrogen (secondary N) is 2. The lowest BCUT2D eigenvalue weighted by Gasteiger charge is -2.32. The monoisotopic (exact) mass is 291 g/mol. The lowest BCUT2D eigenvalue weighted by Crippen LogP contribution is -2.42. The Morgan fingerprint density at radius 2 is 2.29 bits per heavy atom. The van der Waals surface area contributed by atoms with Gasteiger partial charge in [-0.05, 0) is 26.2 Å². The Morgan fingerprint density at radius 1 is 1.48 bits per heavy atom. The maximum Gasteiger partial charge on any atom is 0.224 e. The molecule has 6 heteroatoms. The molecule has 1 saturated heterocycles. The third kappa shape index (κ3) is 4.06. The Bertz CT molecular complexity index is 491. The summed E-state index contributed by atoms with van der Waals surface area (Å²) in [7, 11) is 1.70. The Hall–Kier alpha value is -1.85. The summed E-state index contributed by atoms with van der Waals surface area (Å²) in [5, 5.41) is 6.05. The molecule has 21 heavy (non-hydrogen) atoms. The van der Waals surface area contributed by atoms with Gasteiger partial charge >= 0.3 is 0 Å². The number of nitrogens with zero attached hydrogens (tertiary/aromatic N) is 3. The summed E-state index contributed by atoms with van der Waals surface area (Å²) in [5.74, 6) is 2.70. The van der Waals surface area contributed by atoms with Crippen LogP contribution in [0.15, 0.2) is 6.07 Å². The van der Waals surface area contributed by atoms with Gasteiger partial charge in [0.25, 0.3) is 0 Å². The number of rotatable bonds is 5. The van der Waals surface area contributed by atoms with Gasteiger partial charge in [-0.2, -0.15) is 0 Å². The first-order valence-electron chi connectivity index (χ1n) is 7.70. The molecule has 1 aliphatic heterocycles. The van der Waals surface area contributed by atoms with Crippen molar-refractivity contribution >= 4 is 17.5 Å². The number of carbonyl (C=O) groups is 1. The lowest BCUT2D eigenvalue weighted by molar-refractivity contribution is -0.124. The van der Waals surface area contributed by atoms with Gasteiger partial charge in [0.2, 0.25) is 5.91 Å². The summed E-state index contributed by atoms with van der Waals surface area (Å²) >= 11 is 0. The maximum atomic E-state index is 11.8. The molecule has 0 spiro atoms. The number of aryl methyl sites for hydroxylation is 1. The largest absolute Gasteiger partial charge is 0.370 e. The summed E-state index contributed by atoms with van der Waals surface area (Å²) in [6.07, 6.45) is 3.01. The SMILES string of the molecule is CCCNc1cc(N2CCCC(C(=O)NC)C2)nc(C)n1. The first kappa shape index (κ1) is 15.5. The van der Waals surface area contributed by atoms with Crippen LogP contribution in [0.1, 0.15) is 32.0 Å². The van der Waals surface area contributed by atoms with Crippen LogP contribution in [0, 0.1) is 12.8 Å². The molecular weight excluding hydrogens is 266 g/mol. The Morgan fingerprint density at radius 3 is 3.00 bits per heavy atom. The van der Waals surface area contributed by atoms with Gasteiger partial charge in [-0.1, -0.05) is 6.92 Å². The molecule has 1 unspecified atom stereocenters. The van der Waals surface area contributed by atoms with E-state index in [0.29, 0.717) is 0 Å². The molecule has 1 aromatic rings. The summed E-state index contributed by atoms with van der Waals surface area (Å²) in [6.45, 7) is 6.60. The number of hydrogen-bond acceptors (Lipinski definition) is 5. The highest BCUT2D eigenvalue weighted by atomic mass is 16.1. The molecule has 0 bridgehead atoms. The van der Waals surface area contributed by atoms with Crippen molar-refractivity contribution in [2.24, 2.45) is 5.92 Å². The molecule has 0 saturated carbocycles. The second kappa shape index (κ2) is 7.24. The quantitative estimate of drug-likeness (QED) is 0.862. The molecule has 0 radical (unpaired) electrons. The zero-order chi connectivity index (χ0) is 15.2. The Balaban J connectivity index is 2.12. The molecule has 1 aliphatic rings. The number of hydrogen-bond donors (Lipinski definition) is 2. The van der Waals surface area contributed by atoms with Crippen LogP contribution in [0.5, 0.6) is 0 Å². The zero-order valence-corrected chi connectivity index (χ0v) is 13.1. The van der Waals surface area contributed by atoms with Crippen molar-refractivity contribution in [2.75, 3.05) is 36.9 Å². The Labute approximate surface area is 126 Å². The van der Waals surface area contributed by atoms with Gasteiger partial charge in [-0.3, -0.25) is 4.79 Å². The minimum atomic E-state index is 0.0473. The molecule has 2 heterocycles. The summed E-state index contributed by atoms with van der Waals surface area (Å²) in [4.78, 5) is 23.0. The molecule has 1 aromatic heterocycles. The van der Waals surface area contributed by atoms with Crippen molar-refractivity contribution in [1.82, 2.24) is 15.3 Å². The van der Waals surface area contributed by atoms with Crippen LogP contribution in [0.4, 0.5) is 11.6 Å². The topological polar surface area (TPSA) is 70.2 Å². The number of amides is 1. The fourth-order valence-electron chi connectivity index (χ4n) is 2.66. The number of piperidine rings is 1. The molecule has 1 atom stereocenters. The van der Waals surface area contributed by atoms with Crippen LogP contribution < -0.4 is 15.5 Å². The van der Waals surface area contributed by atoms with Gasteiger partial charge in [0.05, 0.1) is 5.92 Å². The van der Waals surface area contributed by atoms with E-state index in [9.17, 15) is 4.79 Å². The molecule has 2 rings (SSSR count). The predicted octanol–water partition coefficient (Wildman–Crippen LogP) is 1.57. The average molecular weight is 291 g/mol. The van der Waals surface area contributed by atoms with Gasteiger partial charge in [-0.15, -0.1) is 0 Å². The van der Waals surface area contributed by atoms with E-state index in [2.05, 4.69) is 32.4 Å². The molecule has 6 nitrogen and oxygen atoms in total. The number of carbonyl (C=O) groups excluding carboxylic acids is 1. The molecule has 2 N–H and O–H groups in total. The Kier molecular flexibility index (Phi) is 5.36. The highest BCUT2D eigenvalue weighted by molar-refractivity contribution is 5.79. The summed E-state index contributed by atoms with van der Waals surface area (Å²) < 4.78 is 0. The van der Waals surface area contributed by atoms with Crippen LogP contribution in [-0.2, 0) is 4.79 Å². The second-order valence-electron chi connectivity index (χ2n) is 5.48. The molecular formula is C15H25N5O. The van der Waals surface area contributed by atoms with Crippen molar-refractivity contribution in [2.45, 2.75) is 33.1 Å². The van der Waals surface area contributed by atoms with Crippen molar-refractivity contribution in [1.29, 1.82) is 0 Å². The van der Waals surface area contributed by atoms with Crippen LogP contribution in [0.25, 0.3) is 0 Å². The molecule has 116 valence electrons. The second-order valence-corrected chi connectivity index (χ2v) is 5.48. The van der Waals surface area contributed by atoms with E-state index in [1.807, 2.05) is 13.0 Å². The van der Waals surface area contributed by atoms with Gasteiger partial charge in [0.15, 0.2) is 0 Å². The fourth-order valence-corrected chi connectivity index (χ4v) is 2.66. The van der Waals surface area contributed by atoms with Gasteiger partial charge in [0, 0.05) is 32.7 Å². The van der Waals surface area contributed by atoms with Crippen molar-refractivity contribution in [3.63, 3.8) is 0 Å². The van der Waals surface area contributed by atoms with Crippen LogP contribution in [0.2, 0.25) is 0 Å². The van der Waals surface area contributed by atoms with E-state index in [0.717, 1.165) is 56.4 Å².